The van der Waals surface area contributed by atoms with Crippen molar-refractivity contribution in [1.29, 1.82) is 0 Å². The Kier molecular flexibility index (Phi) is 3.25. The maximum Gasteiger partial charge on any atom is 0.151 e. The molecule has 22 heavy (non-hydrogen) atoms. The van der Waals surface area contributed by atoms with Crippen molar-refractivity contribution < 1.29 is 0 Å². The molecule has 4 rings (SSSR count). The molecule has 5 heteroatoms. The van der Waals surface area contributed by atoms with E-state index in [0.717, 1.165) is 22.6 Å². The first kappa shape index (κ1) is 13.6. The van der Waals surface area contributed by atoms with Crippen LogP contribution in [0.5, 0.6) is 0 Å². The molecule has 1 aliphatic heterocycles. The monoisotopic (exact) mass is 327 g/mol. The molecule has 0 amide bonds. The molecule has 108 valence electrons. The highest BCUT2D eigenvalue weighted by atomic mass is 35.5. The zero-order valence-corrected chi connectivity index (χ0v) is 13.0. The SMILES string of the molecule is Clc1ccc2c(c1)C(c1ccccc1Cl)n1ccnc1C=N2. The maximum atomic E-state index is 6.44. The number of rotatable bonds is 1. The van der Waals surface area contributed by atoms with E-state index in [1.54, 1.807) is 12.4 Å². The predicted octanol–water partition coefficient (Wildman–Crippen LogP) is 4.89. The molecule has 3 aromatic rings. The second-order valence-electron chi connectivity index (χ2n) is 5.08. The highest BCUT2D eigenvalue weighted by Gasteiger charge is 2.25. The molecule has 0 saturated heterocycles. The van der Waals surface area contributed by atoms with Crippen LogP contribution in [-0.4, -0.2) is 15.8 Å². The maximum absolute atomic E-state index is 6.44. The number of fused-ring (bicyclic) bond motifs is 2. The van der Waals surface area contributed by atoms with Crippen molar-refractivity contribution >= 4 is 35.1 Å². The average molecular weight is 328 g/mol. The van der Waals surface area contributed by atoms with Crippen LogP contribution in [0.25, 0.3) is 0 Å². The van der Waals surface area contributed by atoms with Gasteiger partial charge in [-0.3, -0.25) is 4.99 Å². The van der Waals surface area contributed by atoms with E-state index in [4.69, 9.17) is 23.2 Å². The van der Waals surface area contributed by atoms with Gasteiger partial charge in [-0.05, 0) is 29.8 Å². The average Bonchev–Trinajstić information content (AvgIpc) is 2.91. The van der Waals surface area contributed by atoms with E-state index >= 15 is 0 Å². The van der Waals surface area contributed by atoms with Crippen LogP contribution in [0, 0.1) is 0 Å². The molecule has 0 fully saturated rings. The predicted molar refractivity (Wildman–Crippen MR) is 89.6 cm³/mol. The lowest BCUT2D eigenvalue weighted by Crippen LogP contribution is -2.13. The number of halogens is 2. The van der Waals surface area contributed by atoms with Crippen LogP contribution in [0.1, 0.15) is 23.0 Å². The Morgan fingerprint density at radius 1 is 1.00 bits per heavy atom. The minimum atomic E-state index is -0.109. The first-order valence-electron chi connectivity index (χ1n) is 6.85. The fourth-order valence-corrected chi connectivity index (χ4v) is 3.22. The van der Waals surface area contributed by atoms with Crippen LogP contribution in [0.2, 0.25) is 10.0 Å². The molecule has 0 N–H and O–H groups in total. The highest BCUT2D eigenvalue weighted by Crippen LogP contribution is 2.39. The summed E-state index contributed by atoms with van der Waals surface area (Å²) in [6.07, 6.45) is 5.47. The summed E-state index contributed by atoms with van der Waals surface area (Å²) in [4.78, 5) is 8.90. The lowest BCUT2D eigenvalue weighted by molar-refractivity contribution is 0.677. The minimum absolute atomic E-state index is 0.109. The van der Waals surface area contributed by atoms with Gasteiger partial charge in [0.1, 0.15) is 0 Å². The molecule has 2 aromatic carbocycles. The molecule has 0 aliphatic carbocycles. The largest absolute Gasteiger partial charge is 0.318 e. The van der Waals surface area contributed by atoms with Gasteiger partial charge in [-0.1, -0.05) is 41.4 Å². The van der Waals surface area contributed by atoms with Crippen molar-refractivity contribution in [1.82, 2.24) is 9.55 Å². The third-order valence-electron chi connectivity index (χ3n) is 3.78. The van der Waals surface area contributed by atoms with Crippen LogP contribution < -0.4 is 0 Å². The smallest absolute Gasteiger partial charge is 0.151 e. The van der Waals surface area contributed by atoms with Crippen molar-refractivity contribution in [3.63, 3.8) is 0 Å². The van der Waals surface area contributed by atoms with Gasteiger partial charge in [0.05, 0.1) is 17.9 Å². The molecule has 1 aliphatic rings. The van der Waals surface area contributed by atoms with Crippen molar-refractivity contribution in [2.45, 2.75) is 6.04 Å². The van der Waals surface area contributed by atoms with Gasteiger partial charge in [-0.15, -0.1) is 0 Å². The van der Waals surface area contributed by atoms with Crippen molar-refractivity contribution in [3.8, 4) is 0 Å². The van der Waals surface area contributed by atoms with Gasteiger partial charge < -0.3 is 4.57 Å². The van der Waals surface area contributed by atoms with Gasteiger partial charge in [0.25, 0.3) is 0 Å². The summed E-state index contributed by atoms with van der Waals surface area (Å²) in [7, 11) is 0. The first-order valence-corrected chi connectivity index (χ1v) is 7.60. The molecule has 0 saturated carbocycles. The zero-order chi connectivity index (χ0) is 15.1. The molecular weight excluding hydrogens is 317 g/mol. The molecule has 0 spiro atoms. The minimum Gasteiger partial charge on any atom is -0.318 e. The number of benzene rings is 2. The highest BCUT2D eigenvalue weighted by molar-refractivity contribution is 6.31. The summed E-state index contributed by atoms with van der Waals surface area (Å²) in [5.74, 6) is 0.789. The first-order chi connectivity index (χ1) is 10.7. The second-order valence-corrected chi connectivity index (χ2v) is 5.92. The molecule has 1 aromatic heterocycles. The van der Waals surface area contributed by atoms with E-state index in [1.807, 2.05) is 48.7 Å². The molecule has 0 bridgehead atoms. The summed E-state index contributed by atoms with van der Waals surface area (Å²) >= 11 is 12.7. The standard InChI is InChI=1S/C17H11Cl2N3/c18-11-5-6-15-13(9-11)17(12-3-1-2-4-14(12)19)22-8-7-20-16(22)10-21-15/h1-10,17H. The molecule has 3 nitrogen and oxygen atoms in total. The third kappa shape index (κ3) is 2.14. The summed E-state index contributed by atoms with van der Waals surface area (Å²) in [5, 5.41) is 1.38. The molecule has 0 radical (unpaired) electrons. The molecular formula is C17H11Cl2N3. The van der Waals surface area contributed by atoms with Crippen LogP contribution in [0.15, 0.2) is 59.9 Å². The van der Waals surface area contributed by atoms with Crippen LogP contribution in [0.4, 0.5) is 5.69 Å². The molecule has 1 unspecified atom stereocenters. The lowest BCUT2D eigenvalue weighted by atomic mass is 9.97. The van der Waals surface area contributed by atoms with E-state index in [1.165, 1.54) is 0 Å². The Balaban J connectivity index is 2.04. The number of aromatic nitrogens is 2. The number of nitrogens with zero attached hydrogens (tertiary/aromatic N) is 3. The van der Waals surface area contributed by atoms with Gasteiger partial charge in [-0.2, -0.15) is 0 Å². The van der Waals surface area contributed by atoms with E-state index in [2.05, 4.69) is 14.5 Å². The van der Waals surface area contributed by atoms with Crippen molar-refractivity contribution in [2.75, 3.05) is 0 Å². The van der Waals surface area contributed by atoms with Gasteiger partial charge in [-0.25, -0.2) is 4.98 Å². The van der Waals surface area contributed by atoms with Gasteiger partial charge in [0.2, 0.25) is 0 Å². The van der Waals surface area contributed by atoms with Crippen molar-refractivity contribution in [3.05, 3.63) is 81.9 Å². The Morgan fingerprint density at radius 2 is 1.86 bits per heavy atom. The fourth-order valence-electron chi connectivity index (χ4n) is 2.80. The number of imidazole rings is 1. The molecule has 2 heterocycles. The summed E-state index contributed by atoms with van der Waals surface area (Å²) < 4.78 is 2.06. The van der Waals surface area contributed by atoms with Gasteiger partial charge in [0, 0.05) is 28.0 Å². The Bertz CT molecular complexity index is 883. The van der Waals surface area contributed by atoms with E-state index in [0.29, 0.717) is 10.0 Å². The number of aliphatic imine (C=N–C) groups is 1. The Labute approximate surface area is 137 Å². The summed E-state index contributed by atoms with van der Waals surface area (Å²) in [5.41, 5.74) is 2.88. The van der Waals surface area contributed by atoms with Gasteiger partial charge in [0.15, 0.2) is 5.82 Å². The normalized spacial score (nSPS) is 16.0. The van der Waals surface area contributed by atoms with E-state index in [-0.39, 0.29) is 6.04 Å². The fraction of sp³-hybridized carbons (Fsp3) is 0.0588. The summed E-state index contributed by atoms with van der Waals surface area (Å²) in [6.45, 7) is 0. The lowest BCUT2D eigenvalue weighted by Gasteiger charge is -2.22. The second kappa shape index (κ2) is 5.27. The van der Waals surface area contributed by atoms with Crippen LogP contribution in [0.3, 0.4) is 0 Å². The molecule has 1 atom stereocenters. The van der Waals surface area contributed by atoms with Crippen LogP contribution >= 0.6 is 23.2 Å². The Hall–Kier alpha value is -2.10. The van der Waals surface area contributed by atoms with Crippen molar-refractivity contribution in [2.24, 2.45) is 4.99 Å². The van der Waals surface area contributed by atoms with E-state index < -0.39 is 0 Å². The van der Waals surface area contributed by atoms with E-state index in [9.17, 15) is 0 Å². The third-order valence-corrected chi connectivity index (χ3v) is 4.36. The topological polar surface area (TPSA) is 30.2 Å². The quantitative estimate of drug-likeness (QED) is 0.489. The Morgan fingerprint density at radius 3 is 2.73 bits per heavy atom. The van der Waals surface area contributed by atoms with Gasteiger partial charge >= 0.3 is 0 Å². The number of hydrogen-bond donors (Lipinski definition) is 0. The zero-order valence-electron chi connectivity index (χ0n) is 11.4. The number of hydrogen-bond acceptors (Lipinski definition) is 2. The summed E-state index contributed by atoms with van der Waals surface area (Å²) in [6, 6.07) is 13.4. The van der Waals surface area contributed by atoms with Crippen LogP contribution in [-0.2, 0) is 0 Å².